The van der Waals surface area contributed by atoms with Gasteiger partial charge in [0.1, 0.15) is 23.9 Å². The van der Waals surface area contributed by atoms with Gasteiger partial charge in [-0.25, -0.2) is 0 Å². The molecule has 11 heteroatoms. The number of aliphatic hydroxyl groups excluding tert-OH is 1. The zero-order valence-electron chi connectivity index (χ0n) is 24.8. The van der Waals surface area contributed by atoms with Crippen molar-refractivity contribution in [2.75, 3.05) is 19.7 Å². The average Bonchev–Trinajstić information content (AvgIpc) is 3.68. The average molecular weight is 578 g/mol. The molecule has 11 nitrogen and oxygen atoms in total. The second-order valence-electron chi connectivity index (χ2n) is 11.5. The lowest BCUT2D eigenvalue weighted by Crippen LogP contribution is -2.51. The summed E-state index contributed by atoms with van der Waals surface area (Å²) in [6.07, 6.45) is 8.56. The van der Waals surface area contributed by atoms with Gasteiger partial charge in [-0.15, -0.1) is 0 Å². The van der Waals surface area contributed by atoms with E-state index < -0.39 is 29.9 Å². The Hall–Kier alpha value is -2.57. The molecule has 41 heavy (non-hydrogen) atoms. The molecule has 2 amide bonds. The Morgan fingerprint density at radius 2 is 1.93 bits per heavy atom. The number of carbonyl (C=O) groups excluding carboxylic acids is 3. The van der Waals surface area contributed by atoms with E-state index in [4.69, 9.17) is 24.7 Å². The van der Waals surface area contributed by atoms with Crippen molar-refractivity contribution >= 4 is 17.8 Å². The summed E-state index contributed by atoms with van der Waals surface area (Å²) in [5, 5.41) is 16.6. The van der Waals surface area contributed by atoms with Crippen LogP contribution in [-0.4, -0.2) is 90.9 Å². The molecule has 0 radical (unpaired) electrons. The van der Waals surface area contributed by atoms with Gasteiger partial charge in [0.05, 0.1) is 37.4 Å². The van der Waals surface area contributed by atoms with Crippen LogP contribution in [0.3, 0.4) is 0 Å². The van der Waals surface area contributed by atoms with Gasteiger partial charge in [-0.1, -0.05) is 30.7 Å². The number of carbonyl (C=O) groups is 3. The lowest BCUT2D eigenvalue weighted by atomic mass is 9.87. The van der Waals surface area contributed by atoms with Crippen LogP contribution in [0.15, 0.2) is 36.0 Å². The number of hydrogen-bond acceptors (Lipinski definition) is 9. The summed E-state index contributed by atoms with van der Waals surface area (Å²) in [7, 11) is 0. The first-order chi connectivity index (χ1) is 19.4. The van der Waals surface area contributed by atoms with Crippen molar-refractivity contribution < 1.29 is 38.4 Å². The third kappa shape index (κ3) is 10.0. The summed E-state index contributed by atoms with van der Waals surface area (Å²) in [5.74, 6) is -0.559. The molecule has 230 valence electrons. The first kappa shape index (κ1) is 32.9. The molecule has 3 rings (SSSR count). The topological polar surface area (TPSA) is 162 Å². The first-order valence-electron chi connectivity index (χ1n) is 14.5. The Labute approximate surface area is 242 Å². The number of ether oxygens (including phenoxy) is 4. The molecule has 0 aromatic rings. The molecule has 0 aromatic heterocycles. The zero-order chi connectivity index (χ0) is 30.2. The zero-order valence-corrected chi connectivity index (χ0v) is 24.8. The van der Waals surface area contributed by atoms with E-state index in [9.17, 15) is 19.5 Å². The predicted molar refractivity (Wildman–Crippen MR) is 153 cm³/mol. The van der Waals surface area contributed by atoms with E-state index in [1.54, 1.807) is 13.0 Å². The number of aliphatic hydroxyl groups is 1. The minimum absolute atomic E-state index is 0.00268. The predicted octanol–water partition coefficient (Wildman–Crippen LogP) is 1.44. The molecule has 0 unspecified atom stereocenters. The Morgan fingerprint density at radius 1 is 1.20 bits per heavy atom. The van der Waals surface area contributed by atoms with Crippen molar-refractivity contribution in [2.24, 2.45) is 11.7 Å². The maximum Gasteiger partial charge on any atom is 0.303 e. The first-order valence-corrected chi connectivity index (χ1v) is 14.5. The molecule has 0 bridgehead atoms. The smallest absolute Gasteiger partial charge is 0.303 e. The molecule has 3 saturated heterocycles. The van der Waals surface area contributed by atoms with Crippen LogP contribution in [-0.2, 0) is 33.3 Å². The lowest BCUT2D eigenvalue weighted by Gasteiger charge is -2.39. The lowest BCUT2D eigenvalue weighted by molar-refractivity contribution is -0.145. The minimum atomic E-state index is -0.802. The van der Waals surface area contributed by atoms with E-state index in [-0.39, 0.29) is 48.5 Å². The SMILES string of the molecule is CC(=O)O[C@@H](C)C=CC(=O)N[C@@H]1C[C@H](C)[C@H](CC=C(C)C=C[C@H]2O[C@H](CC(=O)NCCN)C[C@@]3(CO3)[C@@H]2O)O[C@@H]1C. The minimum Gasteiger partial charge on any atom is -0.459 e. The number of nitrogens with one attached hydrogen (secondary N) is 2. The third-order valence-electron chi connectivity index (χ3n) is 7.80. The largest absolute Gasteiger partial charge is 0.459 e. The van der Waals surface area contributed by atoms with Crippen molar-refractivity contribution in [3.05, 3.63) is 36.0 Å². The molecule has 3 heterocycles. The standard InChI is InChI=1S/C30H47N3O8/c1-18(7-10-26-29(37)30(17-38-30)16-23(41-26)15-28(36)32-13-12-31)6-9-25-19(2)14-24(21(4)40-25)33-27(35)11-8-20(3)39-22(5)34/h6-8,10-11,19-21,23-26,29,37H,9,12-17,31H2,1-5H3,(H,32,36)(H,33,35)/t19-,20-,21+,23+,24+,25-,26+,29+,30+/m0/s1. The van der Waals surface area contributed by atoms with Crippen molar-refractivity contribution in [1.82, 2.24) is 10.6 Å². The highest BCUT2D eigenvalue weighted by Gasteiger charge is 2.58. The van der Waals surface area contributed by atoms with Crippen LogP contribution in [0.2, 0.25) is 0 Å². The highest BCUT2D eigenvalue weighted by atomic mass is 16.6. The third-order valence-corrected chi connectivity index (χ3v) is 7.80. The van der Waals surface area contributed by atoms with E-state index in [0.29, 0.717) is 32.5 Å². The molecule has 3 aliphatic heterocycles. The summed E-state index contributed by atoms with van der Waals surface area (Å²) in [6.45, 7) is 10.3. The number of esters is 1. The van der Waals surface area contributed by atoms with Crippen molar-refractivity contribution in [3.8, 4) is 0 Å². The Bertz CT molecular complexity index is 1010. The molecular formula is C30H47N3O8. The van der Waals surface area contributed by atoms with Gasteiger partial charge in [0.15, 0.2) is 0 Å². The van der Waals surface area contributed by atoms with Crippen LogP contribution in [0.5, 0.6) is 0 Å². The van der Waals surface area contributed by atoms with Crippen LogP contribution in [0, 0.1) is 5.92 Å². The van der Waals surface area contributed by atoms with Gasteiger partial charge >= 0.3 is 5.97 Å². The second-order valence-corrected chi connectivity index (χ2v) is 11.5. The highest BCUT2D eigenvalue weighted by Crippen LogP contribution is 2.43. The van der Waals surface area contributed by atoms with Crippen LogP contribution < -0.4 is 16.4 Å². The molecular weight excluding hydrogens is 530 g/mol. The molecule has 1 spiro atoms. The fourth-order valence-corrected chi connectivity index (χ4v) is 5.38. The maximum atomic E-state index is 12.4. The van der Waals surface area contributed by atoms with Gasteiger partial charge in [-0.05, 0) is 45.6 Å². The van der Waals surface area contributed by atoms with E-state index in [1.165, 1.54) is 13.0 Å². The van der Waals surface area contributed by atoms with Gasteiger partial charge in [-0.2, -0.15) is 0 Å². The summed E-state index contributed by atoms with van der Waals surface area (Å²) >= 11 is 0. The Morgan fingerprint density at radius 3 is 2.59 bits per heavy atom. The van der Waals surface area contributed by atoms with Crippen LogP contribution in [0.25, 0.3) is 0 Å². The molecule has 3 aliphatic rings. The molecule has 0 saturated carbocycles. The Kier molecular flexibility index (Phi) is 12.1. The molecule has 3 fully saturated rings. The highest BCUT2D eigenvalue weighted by molar-refractivity contribution is 5.87. The van der Waals surface area contributed by atoms with Gasteiger partial charge < -0.3 is 40.4 Å². The fourth-order valence-electron chi connectivity index (χ4n) is 5.38. The van der Waals surface area contributed by atoms with Gasteiger partial charge in [0.25, 0.3) is 0 Å². The number of rotatable bonds is 12. The molecule has 9 atom stereocenters. The van der Waals surface area contributed by atoms with E-state index in [1.807, 2.05) is 26.0 Å². The van der Waals surface area contributed by atoms with E-state index in [2.05, 4.69) is 23.6 Å². The van der Waals surface area contributed by atoms with Gasteiger partial charge in [0.2, 0.25) is 11.8 Å². The summed E-state index contributed by atoms with van der Waals surface area (Å²) in [6, 6.07) is -0.125. The molecule has 5 N–H and O–H groups in total. The number of nitrogens with two attached hydrogens (primary N) is 1. The van der Waals surface area contributed by atoms with Crippen molar-refractivity contribution in [3.63, 3.8) is 0 Å². The number of hydrogen-bond donors (Lipinski definition) is 4. The molecule has 0 aromatic carbocycles. The monoisotopic (exact) mass is 577 g/mol. The Balaban J connectivity index is 1.49. The quantitative estimate of drug-likeness (QED) is 0.116. The van der Waals surface area contributed by atoms with Gasteiger partial charge in [0, 0.05) is 32.5 Å². The van der Waals surface area contributed by atoms with E-state index >= 15 is 0 Å². The van der Waals surface area contributed by atoms with Crippen molar-refractivity contribution in [1.29, 1.82) is 0 Å². The summed E-state index contributed by atoms with van der Waals surface area (Å²) in [4.78, 5) is 35.6. The van der Waals surface area contributed by atoms with Crippen molar-refractivity contribution in [2.45, 2.75) is 109 Å². The number of epoxide rings is 1. The number of allylic oxidation sites excluding steroid dienone is 2. The maximum absolute atomic E-state index is 12.4. The summed E-state index contributed by atoms with van der Waals surface area (Å²) in [5.41, 5.74) is 5.82. The summed E-state index contributed by atoms with van der Waals surface area (Å²) < 4.78 is 22.9. The van der Waals surface area contributed by atoms with E-state index in [0.717, 1.165) is 12.0 Å². The normalized spacial score (nSPS) is 34.5. The fraction of sp³-hybridized carbons (Fsp3) is 0.700. The number of amides is 2. The van der Waals surface area contributed by atoms with Crippen LogP contribution in [0.1, 0.15) is 60.3 Å². The molecule has 0 aliphatic carbocycles. The van der Waals surface area contributed by atoms with Gasteiger partial charge in [-0.3, -0.25) is 14.4 Å². The van der Waals surface area contributed by atoms with Crippen LogP contribution >= 0.6 is 0 Å². The second kappa shape index (κ2) is 15.1. The van der Waals surface area contributed by atoms with Crippen LogP contribution in [0.4, 0.5) is 0 Å².